The standard InChI is InChI=1S/C14H13F2NO2/c1-14(2,3)13-17-11(12(18)19-13)7-8-4-5-9(15)10(16)6-8/h4-7H,1-3H3/b11-7-. The fraction of sp³-hybridized carbons (Fsp3) is 0.286. The van der Waals surface area contributed by atoms with Crippen LogP contribution in [0, 0.1) is 17.0 Å². The SMILES string of the molecule is CC(C)(C)C1=N/C(=C\c2ccc(F)c(F)c2)C(=O)O1. The van der Waals surface area contributed by atoms with E-state index in [1.54, 1.807) is 0 Å². The minimum Gasteiger partial charge on any atom is -0.406 e. The molecule has 0 radical (unpaired) electrons. The number of nitrogens with zero attached hydrogens (tertiary/aromatic N) is 1. The lowest BCUT2D eigenvalue weighted by Gasteiger charge is -2.15. The quantitative estimate of drug-likeness (QED) is 0.577. The normalized spacial score (nSPS) is 17.6. The number of hydrogen-bond acceptors (Lipinski definition) is 3. The number of ether oxygens (including phenoxy) is 1. The average Bonchev–Trinajstić information content (AvgIpc) is 2.65. The molecular weight excluding hydrogens is 252 g/mol. The summed E-state index contributed by atoms with van der Waals surface area (Å²) in [4.78, 5) is 15.7. The van der Waals surface area contributed by atoms with Crippen LogP contribution in [0.15, 0.2) is 28.9 Å². The Kier molecular flexibility index (Phi) is 3.22. The van der Waals surface area contributed by atoms with Crippen LogP contribution in [0.3, 0.4) is 0 Å². The van der Waals surface area contributed by atoms with Crippen molar-refractivity contribution in [2.45, 2.75) is 20.8 Å². The van der Waals surface area contributed by atoms with Crippen molar-refractivity contribution in [2.75, 3.05) is 0 Å². The third-order valence-corrected chi connectivity index (χ3v) is 2.51. The summed E-state index contributed by atoms with van der Waals surface area (Å²) in [6.07, 6.45) is 1.36. The Balaban J connectivity index is 2.36. The van der Waals surface area contributed by atoms with Crippen molar-refractivity contribution in [1.82, 2.24) is 0 Å². The van der Waals surface area contributed by atoms with Crippen LogP contribution in [0.5, 0.6) is 0 Å². The summed E-state index contributed by atoms with van der Waals surface area (Å²) in [6.45, 7) is 5.58. The third kappa shape index (κ3) is 2.86. The van der Waals surface area contributed by atoms with Crippen LogP contribution in [-0.4, -0.2) is 11.9 Å². The van der Waals surface area contributed by atoms with Gasteiger partial charge in [0.05, 0.1) is 0 Å². The number of carbonyl (C=O) groups excluding carboxylic acids is 1. The zero-order valence-electron chi connectivity index (χ0n) is 10.8. The van der Waals surface area contributed by atoms with Gasteiger partial charge in [0.1, 0.15) is 0 Å². The summed E-state index contributed by atoms with van der Waals surface area (Å²) in [5.41, 5.74) is 0.0416. The van der Waals surface area contributed by atoms with Gasteiger partial charge in [-0.05, 0) is 23.8 Å². The minimum absolute atomic E-state index is 0.0796. The Labute approximate surface area is 109 Å². The first kappa shape index (κ1) is 13.4. The topological polar surface area (TPSA) is 38.7 Å². The van der Waals surface area contributed by atoms with Gasteiger partial charge in [-0.25, -0.2) is 18.6 Å². The highest BCUT2D eigenvalue weighted by Crippen LogP contribution is 2.25. The Hall–Kier alpha value is -2.04. The lowest BCUT2D eigenvalue weighted by Crippen LogP contribution is -2.21. The van der Waals surface area contributed by atoms with E-state index in [0.717, 1.165) is 12.1 Å². The minimum atomic E-state index is -0.972. The molecule has 0 atom stereocenters. The Morgan fingerprint density at radius 2 is 1.89 bits per heavy atom. The van der Waals surface area contributed by atoms with Gasteiger partial charge in [0, 0.05) is 5.41 Å². The maximum absolute atomic E-state index is 13.1. The van der Waals surface area contributed by atoms with Crippen molar-refractivity contribution < 1.29 is 18.3 Å². The van der Waals surface area contributed by atoms with Gasteiger partial charge >= 0.3 is 5.97 Å². The molecule has 0 aliphatic carbocycles. The second kappa shape index (κ2) is 4.57. The monoisotopic (exact) mass is 265 g/mol. The second-order valence-electron chi connectivity index (χ2n) is 5.26. The third-order valence-electron chi connectivity index (χ3n) is 2.51. The summed E-state index contributed by atoms with van der Waals surface area (Å²) in [6, 6.07) is 3.36. The van der Waals surface area contributed by atoms with Crippen molar-refractivity contribution >= 4 is 17.9 Å². The van der Waals surface area contributed by atoms with Crippen molar-refractivity contribution in [3.8, 4) is 0 Å². The van der Waals surface area contributed by atoms with Crippen LogP contribution in [0.2, 0.25) is 0 Å². The highest BCUT2D eigenvalue weighted by molar-refractivity contribution is 6.08. The van der Waals surface area contributed by atoms with Gasteiger partial charge in [0.2, 0.25) is 5.90 Å². The first-order chi connectivity index (χ1) is 8.77. The molecule has 0 amide bonds. The zero-order chi connectivity index (χ0) is 14.2. The lowest BCUT2D eigenvalue weighted by atomic mass is 9.97. The zero-order valence-corrected chi connectivity index (χ0v) is 10.8. The highest BCUT2D eigenvalue weighted by atomic mass is 19.2. The van der Waals surface area contributed by atoms with E-state index in [-0.39, 0.29) is 11.1 Å². The van der Waals surface area contributed by atoms with Gasteiger partial charge in [0.15, 0.2) is 17.3 Å². The fourth-order valence-corrected chi connectivity index (χ4v) is 1.49. The van der Waals surface area contributed by atoms with Crippen molar-refractivity contribution in [2.24, 2.45) is 10.4 Å². The first-order valence-electron chi connectivity index (χ1n) is 5.75. The molecule has 0 saturated heterocycles. The molecule has 3 nitrogen and oxygen atoms in total. The fourth-order valence-electron chi connectivity index (χ4n) is 1.49. The van der Waals surface area contributed by atoms with E-state index in [9.17, 15) is 13.6 Å². The van der Waals surface area contributed by atoms with Gasteiger partial charge < -0.3 is 4.74 Å². The van der Waals surface area contributed by atoms with Crippen molar-refractivity contribution in [3.05, 3.63) is 41.1 Å². The van der Waals surface area contributed by atoms with Gasteiger partial charge in [-0.3, -0.25) is 0 Å². The highest BCUT2D eigenvalue weighted by Gasteiger charge is 2.31. The van der Waals surface area contributed by atoms with E-state index < -0.39 is 17.6 Å². The van der Waals surface area contributed by atoms with E-state index >= 15 is 0 Å². The number of esters is 1. The van der Waals surface area contributed by atoms with Crippen LogP contribution in [-0.2, 0) is 9.53 Å². The summed E-state index contributed by atoms with van der Waals surface area (Å²) in [5, 5.41) is 0. The largest absolute Gasteiger partial charge is 0.406 e. The lowest BCUT2D eigenvalue weighted by molar-refractivity contribution is -0.130. The molecule has 0 unspecified atom stereocenters. The smallest absolute Gasteiger partial charge is 0.363 e. The molecule has 5 heteroatoms. The molecule has 0 aromatic heterocycles. The molecule has 1 aliphatic heterocycles. The number of hydrogen-bond donors (Lipinski definition) is 0. The van der Waals surface area contributed by atoms with Crippen LogP contribution < -0.4 is 0 Å². The Bertz CT molecular complexity index is 598. The summed E-state index contributed by atoms with van der Waals surface area (Å²) in [7, 11) is 0. The number of benzene rings is 1. The number of halogens is 2. The van der Waals surface area contributed by atoms with E-state index in [4.69, 9.17) is 4.74 Å². The van der Waals surface area contributed by atoms with E-state index in [1.165, 1.54) is 12.1 Å². The number of carbonyl (C=O) groups is 1. The predicted molar refractivity (Wildman–Crippen MR) is 67.3 cm³/mol. The molecule has 1 aromatic rings. The maximum atomic E-state index is 13.1. The molecule has 1 aliphatic rings. The Morgan fingerprint density at radius 3 is 2.42 bits per heavy atom. The molecule has 0 saturated carbocycles. The van der Waals surface area contributed by atoms with Gasteiger partial charge in [0.25, 0.3) is 0 Å². The number of cyclic esters (lactones) is 1. The van der Waals surface area contributed by atoms with Crippen LogP contribution in [0.25, 0.3) is 6.08 Å². The summed E-state index contributed by atoms with van der Waals surface area (Å²) in [5.74, 6) is -2.18. The van der Waals surface area contributed by atoms with Crippen LogP contribution in [0.4, 0.5) is 8.78 Å². The molecule has 0 bridgehead atoms. The predicted octanol–water partition coefficient (Wildman–Crippen LogP) is 3.31. The molecule has 0 spiro atoms. The van der Waals surface area contributed by atoms with Crippen molar-refractivity contribution in [3.63, 3.8) is 0 Å². The number of rotatable bonds is 1. The van der Waals surface area contributed by atoms with Crippen molar-refractivity contribution in [1.29, 1.82) is 0 Å². The van der Waals surface area contributed by atoms with Gasteiger partial charge in [-0.2, -0.15) is 0 Å². The van der Waals surface area contributed by atoms with E-state index in [1.807, 2.05) is 20.8 Å². The second-order valence-corrected chi connectivity index (χ2v) is 5.26. The molecular formula is C14H13F2NO2. The average molecular weight is 265 g/mol. The Morgan fingerprint density at radius 1 is 1.21 bits per heavy atom. The van der Waals surface area contributed by atoms with Crippen LogP contribution >= 0.6 is 0 Å². The van der Waals surface area contributed by atoms with E-state index in [2.05, 4.69) is 4.99 Å². The molecule has 0 N–H and O–H groups in total. The van der Waals surface area contributed by atoms with E-state index in [0.29, 0.717) is 11.5 Å². The molecule has 0 fully saturated rings. The van der Waals surface area contributed by atoms with Gasteiger partial charge in [-0.15, -0.1) is 0 Å². The first-order valence-corrected chi connectivity index (χ1v) is 5.75. The summed E-state index contributed by atoms with van der Waals surface area (Å²) < 4.78 is 30.9. The molecule has 2 rings (SSSR count). The summed E-state index contributed by atoms with van der Waals surface area (Å²) >= 11 is 0. The van der Waals surface area contributed by atoms with Crippen LogP contribution in [0.1, 0.15) is 26.3 Å². The molecule has 100 valence electrons. The molecule has 1 aromatic carbocycles. The number of aliphatic imine (C=N–C) groups is 1. The molecule has 1 heterocycles. The van der Waals surface area contributed by atoms with Gasteiger partial charge in [-0.1, -0.05) is 26.8 Å². The molecule has 19 heavy (non-hydrogen) atoms. The maximum Gasteiger partial charge on any atom is 0.363 e.